The van der Waals surface area contributed by atoms with Crippen molar-refractivity contribution in [2.45, 2.75) is 90.7 Å². The van der Waals surface area contributed by atoms with Crippen molar-refractivity contribution >= 4 is 52.8 Å². The van der Waals surface area contributed by atoms with E-state index in [4.69, 9.17) is 42.1 Å². The van der Waals surface area contributed by atoms with Crippen LogP contribution in [-0.4, -0.2) is 84.8 Å². The minimum absolute atomic E-state index is 0.00571. The number of pyridine rings is 1. The summed E-state index contributed by atoms with van der Waals surface area (Å²) in [6.45, 7) is 6.42. The lowest BCUT2D eigenvalue weighted by Gasteiger charge is -2.44. The van der Waals surface area contributed by atoms with Crippen molar-refractivity contribution < 1.29 is 56.4 Å². The van der Waals surface area contributed by atoms with Gasteiger partial charge in [-0.05, 0) is 89.3 Å². The van der Waals surface area contributed by atoms with Gasteiger partial charge in [0.05, 0.1) is 25.0 Å². The summed E-state index contributed by atoms with van der Waals surface area (Å²) in [5.41, 5.74) is -0.0716. The fraction of sp³-hybridized carbons (Fsp3) is 0.475. The fourth-order valence-electron chi connectivity index (χ4n) is 6.27. The van der Waals surface area contributed by atoms with Crippen LogP contribution in [0.15, 0.2) is 48.8 Å². The number of benzene rings is 2. The van der Waals surface area contributed by atoms with Crippen LogP contribution < -0.4 is 24.3 Å². The van der Waals surface area contributed by atoms with Gasteiger partial charge in [0.2, 0.25) is 11.8 Å². The number of carbonyl (C=O) groups is 4. The van der Waals surface area contributed by atoms with Crippen molar-refractivity contribution in [1.82, 2.24) is 9.80 Å². The number of esters is 1. The lowest BCUT2D eigenvalue weighted by atomic mass is 10.0. The molecule has 0 unspecified atom stereocenters. The summed E-state index contributed by atoms with van der Waals surface area (Å²) in [6, 6.07) is 7.50. The van der Waals surface area contributed by atoms with E-state index in [1.54, 1.807) is 39.5 Å². The number of rotatable bonds is 14. The van der Waals surface area contributed by atoms with Crippen LogP contribution in [0.25, 0.3) is 0 Å². The van der Waals surface area contributed by atoms with Gasteiger partial charge >= 0.3 is 18.7 Å². The second kappa shape index (κ2) is 18.7. The number of alkyl halides is 2. The third-order valence-electron chi connectivity index (χ3n) is 9.38. The van der Waals surface area contributed by atoms with Crippen molar-refractivity contribution in [2.75, 3.05) is 32.1 Å². The molecular weight excluding hydrogens is 805 g/mol. The summed E-state index contributed by atoms with van der Waals surface area (Å²) in [4.78, 5) is 56.4. The summed E-state index contributed by atoms with van der Waals surface area (Å²) < 4.78 is 54.4. The molecule has 3 aromatic rings. The number of hydrogen-bond donors (Lipinski definition) is 1. The number of aromatic nitrogens is 1. The van der Waals surface area contributed by atoms with Crippen LogP contribution in [0.5, 0.6) is 17.2 Å². The molecule has 3 atom stereocenters. The Labute approximate surface area is 344 Å². The zero-order valence-corrected chi connectivity index (χ0v) is 34.4. The summed E-state index contributed by atoms with van der Waals surface area (Å²) in [7, 11) is 1.36. The average molecular weight is 852 g/mol. The van der Waals surface area contributed by atoms with Crippen LogP contribution in [0, 0.1) is 11.1 Å². The van der Waals surface area contributed by atoms with E-state index in [0.717, 1.165) is 25.2 Å². The number of halogens is 4. The van der Waals surface area contributed by atoms with Gasteiger partial charge in [-0.2, -0.15) is 13.5 Å². The largest absolute Gasteiger partial charge is 0.619 e. The molecule has 18 heteroatoms. The van der Waals surface area contributed by atoms with Gasteiger partial charge in [0.15, 0.2) is 23.9 Å². The zero-order chi connectivity index (χ0) is 42.5. The molecule has 314 valence electrons. The third-order valence-corrected chi connectivity index (χ3v) is 10.0. The number of ether oxygens (including phenoxy) is 5. The first-order chi connectivity index (χ1) is 27.3. The predicted molar refractivity (Wildman–Crippen MR) is 208 cm³/mol. The Morgan fingerprint density at radius 2 is 1.59 bits per heavy atom. The topological polar surface area (TPSA) is 160 Å². The summed E-state index contributed by atoms with van der Waals surface area (Å²) in [5, 5.41) is 14.6. The average Bonchev–Trinajstić information content (AvgIpc) is 3.96. The molecular formula is C40H46Cl2F2N4O10. The molecule has 2 aliphatic rings. The number of methoxy groups -OCH3 is 1. The molecule has 2 fully saturated rings. The van der Waals surface area contributed by atoms with Gasteiger partial charge in [-0.15, -0.1) is 0 Å². The lowest BCUT2D eigenvalue weighted by molar-refractivity contribution is -0.605. The van der Waals surface area contributed by atoms with Crippen LogP contribution >= 0.6 is 23.2 Å². The molecule has 1 saturated carbocycles. The van der Waals surface area contributed by atoms with Crippen molar-refractivity contribution in [1.29, 1.82) is 0 Å². The Bertz CT molecular complexity index is 1990. The Balaban J connectivity index is 1.34. The summed E-state index contributed by atoms with van der Waals surface area (Å²) in [6.07, 6.45) is 1.70. The number of nitrogens with one attached hydrogen (secondary N) is 1. The van der Waals surface area contributed by atoms with E-state index < -0.39 is 54.7 Å². The number of hydrogen-bond acceptors (Lipinski definition) is 10. The van der Waals surface area contributed by atoms with Gasteiger partial charge in [-0.25, -0.2) is 9.59 Å². The second-order valence-electron chi connectivity index (χ2n) is 15.2. The van der Waals surface area contributed by atoms with E-state index in [1.807, 2.05) is 0 Å². The molecule has 58 heavy (non-hydrogen) atoms. The molecule has 0 bridgehead atoms. The Hall–Kier alpha value is -5.09. The van der Waals surface area contributed by atoms with E-state index in [-0.39, 0.29) is 82.2 Å². The Kier molecular flexibility index (Phi) is 14.2. The molecule has 3 amide bonds. The molecule has 14 nitrogen and oxygen atoms in total. The molecule has 1 saturated heterocycles. The summed E-state index contributed by atoms with van der Waals surface area (Å²) >= 11 is 12.8. The Morgan fingerprint density at radius 3 is 2.21 bits per heavy atom. The van der Waals surface area contributed by atoms with Crippen LogP contribution in [-0.2, 0) is 25.5 Å². The number of nitrogens with zero attached hydrogens (tertiary/aromatic N) is 3. The van der Waals surface area contributed by atoms with E-state index in [0.29, 0.717) is 10.3 Å². The van der Waals surface area contributed by atoms with Gasteiger partial charge in [-0.3, -0.25) is 9.59 Å². The molecule has 1 aromatic heterocycles. The highest BCUT2D eigenvalue weighted by molar-refractivity contribution is 6.35. The second-order valence-corrected chi connectivity index (χ2v) is 16.1. The minimum Gasteiger partial charge on any atom is -0.619 e. The molecule has 1 aliphatic carbocycles. The van der Waals surface area contributed by atoms with Gasteiger partial charge in [-0.1, -0.05) is 29.3 Å². The van der Waals surface area contributed by atoms with Crippen molar-refractivity contribution in [2.24, 2.45) is 5.92 Å². The number of carbonyl (C=O) groups excluding carboxylic acids is 4. The third kappa shape index (κ3) is 11.7. The van der Waals surface area contributed by atoms with Crippen molar-refractivity contribution in [3.05, 3.63) is 80.7 Å². The van der Waals surface area contributed by atoms with Gasteiger partial charge < -0.3 is 44.0 Å². The monoisotopic (exact) mass is 850 g/mol. The van der Waals surface area contributed by atoms with E-state index in [9.17, 15) is 33.2 Å². The van der Waals surface area contributed by atoms with Gasteiger partial charge in [0.1, 0.15) is 33.9 Å². The maximum Gasteiger partial charge on any atom is 0.410 e. The molecule has 0 radical (unpaired) electrons. The maximum absolute atomic E-state index is 13.9. The summed E-state index contributed by atoms with van der Waals surface area (Å²) in [5.74, 6) is -1.78. The first-order valence-electron chi connectivity index (χ1n) is 18.6. The number of amides is 3. The van der Waals surface area contributed by atoms with Crippen molar-refractivity contribution in [3.8, 4) is 17.2 Å². The zero-order valence-electron chi connectivity index (χ0n) is 32.9. The number of anilines is 1. The molecule has 1 aliphatic heterocycles. The van der Waals surface area contributed by atoms with E-state index in [2.05, 4.69) is 10.1 Å². The standard InChI is InChI=1S/C40H46Cl2F2N4O10/c1-22-18-48(39(52)58-40(3,4)5)23(2)17-47(22)36(50)16-35(49)45-30-13-26(10-11-31(30)54-6)37(51)56-33(15-27-28(41)19-46(53)20-29(27)42)25-9-12-32(57-38(43)44)34(14-25)55-21-24-7-8-24/h9-14,19-20,22-24,33,38H,7-8,15-18,21H2,1-6H3,(H,45,49)/t22-,23+,33-/m0/s1. The van der Waals surface area contributed by atoms with Gasteiger partial charge in [0.25, 0.3) is 0 Å². The lowest BCUT2D eigenvalue weighted by Crippen LogP contribution is -2.60. The van der Waals surface area contributed by atoms with Crippen LogP contribution in [0.4, 0.5) is 19.3 Å². The highest BCUT2D eigenvalue weighted by Crippen LogP contribution is 2.38. The maximum atomic E-state index is 13.9. The van der Waals surface area contributed by atoms with Crippen LogP contribution in [0.1, 0.15) is 81.5 Å². The SMILES string of the molecule is COc1ccc(C(=O)O[C@@H](Cc2c(Cl)c[n+]([O-])cc2Cl)c2ccc(OC(F)F)c(OCC3CC3)c2)cc1NC(=O)CC(=O)N1C[C@@H](C)N(C(=O)OC(C)(C)C)C[C@@H]1C. The molecule has 2 aromatic carbocycles. The minimum atomic E-state index is -3.12. The van der Waals surface area contributed by atoms with E-state index in [1.165, 1.54) is 48.4 Å². The van der Waals surface area contributed by atoms with Crippen LogP contribution in [0.2, 0.25) is 10.0 Å². The first-order valence-corrected chi connectivity index (χ1v) is 19.3. The smallest absolute Gasteiger partial charge is 0.410 e. The Morgan fingerprint density at radius 1 is 0.948 bits per heavy atom. The number of piperazine rings is 1. The van der Waals surface area contributed by atoms with Gasteiger partial charge in [0, 0.05) is 37.2 Å². The van der Waals surface area contributed by atoms with E-state index >= 15 is 0 Å². The molecule has 1 N–H and O–H groups in total. The first kappa shape index (κ1) is 44.0. The van der Waals surface area contributed by atoms with Crippen LogP contribution in [0.3, 0.4) is 0 Å². The predicted octanol–water partition coefficient (Wildman–Crippen LogP) is 7.35. The quantitative estimate of drug-likeness (QED) is 0.0752. The normalized spacial score (nSPS) is 17.4. The molecule has 0 spiro atoms. The highest BCUT2D eigenvalue weighted by Gasteiger charge is 2.37. The van der Waals surface area contributed by atoms with Crippen molar-refractivity contribution in [3.63, 3.8) is 0 Å². The molecule has 2 heterocycles. The highest BCUT2D eigenvalue weighted by atomic mass is 35.5. The molecule has 5 rings (SSSR count). The fourth-order valence-corrected chi connectivity index (χ4v) is 6.87.